The molecule has 3 rings (SSSR count). The molecule has 114 valence electrons. The highest BCUT2D eigenvalue weighted by Gasteiger charge is 2.56. The standard InChI is InChI=1S/C14H20F3NO2/c15-14(16,17)11-4-2-1-3-10(11)12(19)18-7-13(20,8-18)9-5-6-9/h9-11,20H,1-8H2. The zero-order chi connectivity index (χ0) is 14.5. The van der Waals surface area contributed by atoms with E-state index in [4.69, 9.17) is 0 Å². The number of alkyl halides is 3. The van der Waals surface area contributed by atoms with E-state index in [0.29, 0.717) is 19.3 Å². The number of amides is 1. The zero-order valence-electron chi connectivity index (χ0n) is 11.3. The van der Waals surface area contributed by atoms with Gasteiger partial charge in [-0.1, -0.05) is 12.8 Å². The Bertz CT molecular complexity index is 400. The van der Waals surface area contributed by atoms with Crippen LogP contribution in [0.3, 0.4) is 0 Å². The van der Waals surface area contributed by atoms with Crippen molar-refractivity contribution in [3.63, 3.8) is 0 Å². The van der Waals surface area contributed by atoms with Crippen LogP contribution in [0.25, 0.3) is 0 Å². The fourth-order valence-electron chi connectivity index (χ4n) is 3.70. The van der Waals surface area contributed by atoms with Crippen LogP contribution >= 0.6 is 0 Å². The Kier molecular flexibility index (Phi) is 3.27. The van der Waals surface area contributed by atoms with E-state index in [-0.39, 0.29) is 25.4 Å². The number of hydrogen-bond acceptors (Lipinski definition) is 2. The van der Waals surface area contributed by atoms with Gasteiger partial charge in [0.25, 0.3) is 0 Å². The van der Waals surface area contributed by atoms with Crippen molar-refractivity contribution in [3.8, 4) is 0 Å². The second-order valence-corrected chi connectivity index (χ2v) is 6.61. The van der Waals surface area contributed by atoms with Crippen molar-refractivity contribution in [2.75, 3.05) is 13.1 Å². The molecule has 6 heteroatoms. The number of rotatable bonds is 2. The highest BCUT2D eigenvalue weighted by atomic mass is 19.4. The molecule has 2 aliphatic carbocycles. The van der Waals surface area contributed by atoms with Gasteiger partial charge < -0.3 is 10.0 Å². The third kappa shape index (κ3) is 2.43. The number of aliphatic hydroxyl groups is 1. The second kappa shape index (κ2) is 4.61. The molecular weight excluding hydrogens is 271 g/mol. The summed E-state index contributed by atoms with van der Waals surface area (Å²) >= 11 is 0. The Morgan fingerprint density at radius 1 is 1.10 bits per heavy atom. The first kappa shape index (κ1) is 14.2. The Hall–Kier alpha value is -0.780. The lowest BCUT2D eigenvalue weighted by atomic mass is 9.76. The van der Waals surface area contributed by atoms with Crippen LogP contribution in [0, 0.1) is 17.8 Å². The summed E-state index contributed by atoms with van der Waals surface area (Å²) < 4.78 is 39.0. The Morgan fingerprint density at radius 3 is 2.25 bits per heavy atom. The molecule has 1 N–H and O–H groups in total. The first-order chi connectivity index (χ1) is 9.31. The second-order valence-electron chi connectivity index (χ2n) is 6.61. The van der Waals surface area contributed by atoms with Crippen molar-refractivity contribution in [3.05, 3.63) is 0 Å². The lowest BCUT2D eigenvalue weighted by Crippen LogP contribution is -2.66. The minimum Gasteiger partial charge on any atom is -0.386 e. The molecule has 2 unspecified atom stereocenters. The molecule has 0 spiro atoms. The van der Waals surface area contributed by atoms with E-state index in [9.17, 15) is 23.1 Å². The SMILES string of the molecule is O=C(C1CCCCC1C(F)(F)F)N1CC(O)(C2CC2)C1. The first-order valence-electron chi connectivity index (χ1n) is 7.39. The Morgan fingerprint density at radius 2 is 1.70 bits per heavy atom. The lowest BCUT2D eigenvalue weighted by molar-refractivity contribution is -0.206. The van der Waals surface area contributed by atoms with Crippen LogP contribution in [0.5, 0.6) is 0 Å². The van der Waals surface area contributed by atoms with Gasteiger partial charge in [0.15, 0.2) is 0 Å². The van der Waals surface area contributed by atoms with Gasteiger partial charge in [-0.2, -0.15) is 13.2 Å². The van der Waals surface area contributed by atoms with Crippen LogP contribution < -0.4 is 0 Å². The molecule has 0 bridgehead atoms. The minimum atomic E-state index is -4.29. The van der Waals surface area contributed by atoms with Gasteiger partial charge in [-0.3, -0.25) is 4.79 Å². The van der Waals surface area contributed by atoms with E-state index in [1.54, 1.807) is 0 Å². The summed E-state index contributed by atoms with van der Waals surface area (Å²) in [6, 6.07) is 0. The van der Waals surface area contributed by atoms with E-state index in [2.05, 4.69) is 0 Å². The van der Waals surface area contributed by atoms with Crippen molar-refractivity contribution < 1.29 is 23.1 Å². The van der Waals surface area contributed by atoms with Crippen molar-refractivity contribution in [1.82, 2.24) is 4.90 Å². The Labute approximate surface area is 116 Å². The minimum absolute atomic E-state index is 0.0562. The lowest BCUT2D eigenvalue weighted by Gasteiger charge is -2.49. The number of nitrogens with zero attached hydrogens (tertiary/aromatic N) is 1. The van der Waals surface area contributed by atoms with Crippen LogP contribution in [0.15, 0.2) is 0 Å². The fourth-order valence-corrected chi connectivity index (χ4v) is 3.70. The largest absolute Gasteiger partial charge is 0.392 e. The van der Waals surface area contributed by atoms with Crippen LogP contribution in [0.4, 0.5) is 13.2 Å². The number of likely N-dealkylation sites (tertiary alicyclic amines) is 1. The molecule has 0 aromatic heterocycles. The Balaban J connectivity index is 1.64. The molecule has 0 aromatic rings. The van der Waals surface area contributed by atoms with Gasteiger partial charge in [0.05, 0.1) is 19.0 Å². The predicted molar refractivity (Wildman–Crippen MR) is 65.8 cm³/mol. The topological polar surface area (TPSA) is 40.5 Å². The van der Waals surface area contributed by atoms with Crippen molar-refractivity contribution >= 4 is 5.91 Å². The van der Waals surface area contributed by atoms with Gasteiger partial charge >= 0.3 is 6.18 Å². The molecule has 20 heavy (non-hydrogen) atoms. The van der Waals surface area contributed by atoms with Gasteiger partial charge in [-0.05, 0) is 31.6 Å². The van der Waals surface area contributed by atoms with Crippen molar-refractivity contribution in [2.24, 2.45) is 17.8 Å². The molecule has 3 fully saturated rings. The van der Waals surface area contributed by atoms with E-state index < -0.39 is 29.5 Å². The molecule has 0 aromatic carbocycles. The van der Waals surface area contributed by atoms with Crippen LogP contribution in [-0.2, 0) is 4.79 Å². The number of carbonyl (C=O) groups is 1. The van der Waals surface area contributed by atoms with E-state index in [0.717, 1.165) is 12.8 Å². The summed E-state index contributed by atoms with van der Waals surface area (Å²) in [5.74, 6) is -2.60. The molecule has 1 heterocycles. The molecule has 2 atom stereocenters. The van der Waals surface area contributed by atoms with Crippen LogP contribution in [0.2, 0.25) is 0 Å². The summed E-state index contributed by atoms with van der Waals surface area (Å²) in [5.41, 5.74) is -0.821. The molecular formula is C14H20F3NO2. The summed E-state index contributed by atoms with van der Waals surface area (Å²) in [4.78, 5) is 13.7. The molecule has 1 amide bonds. The monoisotopic (exact) mass is 291 g/mol. The van der Waals surface area contributed by atoms with Gasteiger partial charge in [-0.25, -0.2) is 0 Å². The molecule has 3 aliphatic rings. The van der Waals surface area contributed by atoms with Crippen molar-refractivity contribution in [2.45, 2.75) is 50.3 Å². The van der Waals surface area contributed by atoms with Gasteiger partial charge in [0.2, 0.25) is 5.91 Å². The highest BCUT2D eigenvalue weighted by Crippen LogP contribution is 2.47. The van der Waals surface area contributed by atoms with Gasteiger partial charge in [0.1, 0.15) is 5.60 Å². The third-order valence-corrected chi connectivity index (χ3v) is 5.08. The molecule has 2 saturated carbocycles. The average molecular weight is 291 g/mol. The summed E-state index contributed by atoms with van der Waals surface area (Å²) in [6.07, 6.45) is -0.760. The number of β-amino-alcohol motifs (C(OH)–C–C–N with tert-alkyl or cyclic N) is 1. The maximum Gasteiger partial charge on any atom is 0.392 e. The van der Waals surface area contributed by atoms with E-state index >= 15 is 0 Å². The number of carbonyl (C=O) groups excluding carboxylic acids is 1. The molecule has 3 nitrogen and oxygen atoms in total. The van der Waals surface area contributed by atoms with Gasteiger partial charge in [-0.15, -0.1) is 0 Å². The maximum atomic E-state index is 13.0. The normalized spacial score (nSPS) is 33.7. The average Bonchev–Trinajstić information content (AvgIpc) is 3.17. The summed E-state index contributed by atoms with van der Waals surface area (Å²) in [5, 5.41) is 10.2. The number of halogens is 3. The fraction of sp³-hybridized carbons (Fsp3) is 0.929. The zero-order valence-corrected chi connectivity index (χ0v) is 11.3. The molecule has 0 radical (unpaired) electrons. The quantitative estimate of drug-likeness (QED) is 0.848. The molecule has 1 aliphatic heterocycles. The van der Waals surface area contributed by atoms with Gasteiger partial charge in [0, 0.05) is 5.92 Å². The molecule has 1 saturated heterocycles. The van der Waals surface area contributed by atoms with E-state index in [1.165, 1.54) is 4.90 Å². The van der Waals surface area contributed by atoms with Crippen LogP contribution in [-0.4, -0.2) is 40.8 Å². The van der Waals surface area contributed by atoms with Crippen LogP contribution in [0.1, 0.15) is 38.5 Å². The summed E-state index contributed by atoms with van der Waals surface area (Å²) in [7, 11) is 0. The van der Waals surface area contributed by atoms with Crippen molar-refractivity contribution in [1.29, 1.82) is 0 Å². The highest BCUT2D eigenvalue weighted by molar-refractivity contribution is 5.80. The van der Waals surface area contributed by atoms with E-state index in [1.807, 2.05) is 0 Å². The third-order valence-electron chi connectivity index (χ3n) is 5.08. The summed E-state index contributed by atoms with van der Waals surface area (Å²) in [6.45, 7) is 0.440. The smallest absolute Gasteiger partial charge is 0.386 e. The maximum absolute atomic E-state index is 13.0. The number of hydrogen-bond donors (Lipinski definition) is 1. The predicted octanol–water partition coefficient (Wildman–Crippen LogP) is 2.34. The first-order valence-corrected chi connectivity index (χ1v) is 7.39.